The molecule has 0 bridgehead atoms. The van der Waals surface area contributed by atoms with Crippen molar-refractivity contribution in [2.75, 3.05) is 4.90 Å². The highest BCUT2D eigenvalue weighted by atomic mass is 15.1. The van der Waals surface area contributed by atoms with Gasteiger partial charge in [-0.3, -0.25) is 0 Å². The predicted octanol–water partition coefficient (Wildman–Crippen LogP) is 11.3. The molecule has 0 radical (unpaired) electrons. The van der Waals surface area contributed by atoms with E-state index in [0.717, 1.165) is 17.8 Å². The zero-order valence-corrected chi connectivity index (χ0v) is 23.9. The molecule has 43 heavy (non-hydrogen) atoms. The number of hydrogen-bond donors (Lipinski definition) is 0. The summed E-state index contributed by atoms with van der Waals surface area (Å²) in [5.41, 5.74) is 12.9. The molecule has 0 saturated heterocycles. The summed E-state index contributed by atoms with van der Waals surface area (Å²) in [6, 6.07) is 61.8. The molecule has 1 nitrogen and oxygen atoms in total. The van der Waals surface area contributed by atoms with E-state index in [9.17, 15) is 0 Å². The first-order chi connectivity index (χ1) is 21.3. The molecule has 0 amide bonds. The van der Waals surface area contributed by atoms with Crippen LogP contribution in [0.25, 0.3) is 33.0 Å². The van der Waals surface area contributed by atoms with Crippen LogP contribution in [-0.4, -0.2) is 0 Å². The fourth-order valence-electron chi connectivity index (χ4n) is 6.80. The van der Waals surface area contributed by atoms with Crippen molar-refractivity contribution >= 4 is 27.8 Å². The number of anilines is 3. The van der Waals surface area contributed by atoms with E-state index in [1.54, 1.807) is 0 Å². The molecule has 1 atom stereocenters. The lowest BCUT2D eigenvalue weighted by Gasteiger charge is -2.32. The molecule has 0 saturated carbocycles. The van der Waals surface area contributed by atoms with E-state index >= 15 is 0 Å². The third-order valence-electron chi connectivity index (χ3n) is 8.83. The molecule has 8 rings (SSSR count). The average Bonchev–Trinajstić information content (AvgIpc) is 3.09. The number of para-hydroxylation sites is 2. The second-order valence-corrected chi connectivity index (χ2v) is 11.3. The molecule has 204 valence electrons. The van der Waals surface area contributed by atoms with Gasteiger partial charge in [-0.15, -0.1) is 0 Å². The van der Waals surface area contributed by atoms with Gasteiger partial charge in [-0.05, 0) is 92.5 Å². The zero-order chi connectivity index (χ0) is 28.6. The average molecular weight is 550 g/mol. The Hall–Kier alpha value is -5.40. The zero-order valence-electron chi connectivity index (χ0n) is 23.9. The maximum atomic E-state index is 2.42. The van der Waals surface area contributed by atoms with Crippen molar-refractivity contribution in [2.45, 2.75) is 12.3 Å². The Balaban J connectivity index is 1.28. The molecule has 0 heterocycles. The minimum atomic E-state index is 0.260. The summed E-state index contributed by atoms with van der Waals surface area (Å²) < 4.78 is 0. The summed E-state index contributed by atoms with van der Waals surface area (Å²) in [6.07, 6.45) is 0.951. The van der Waals surface area contributed by atoms with Crippen molar-refractivity contribution in [2.24, 2.45) is 0 Å². The van der Waals surface area contributed by atoms with E-state index in [1.807, 2.05) is 0 Å². The molecule has 1 unspecified atom stereocenters. The van der Waals surface area contributed by atoms with Gasteiger partial charge in [0.15, 0.2) is 0 Å². The Kier molecular flexibility index (Phi) is 6.35. The van der Waals surface area contributed by atoms with Crippen molar-refractivity contribution in [3.05, 3.63) is 187 Å². The summed E-state index contributed by atoms with van der Waals surface area (Å²) in [4.78, 5) is 2.36. The van der Waals surface area contributed by atoms with Crippen molar-refractivity contribution < 1.29 is 0 Å². The number of benzene rings is 7. The maximum Gasteiger partial charge on any atom is 0.0464 e. The molecule has 1 aliphatic rings. The largest absolute Gasteiger partial charge is 0.310 e. The lowest BCUT2D eigenvalue weighted by Crippen LogP contribution is -2.15. The van der Waals surface area contributed by atoms with E-state index in [1.165, 1.54) is 55.4 Å². The minimum Gasteiger partial charge on any atom is -0.310 e. The molecular weight excluding hydrogens is 518 g/mol. The quantitative estimate of drug-likeness (QED) is 0.206. The van der Waals surface area contributed by atoms with Crippen LogP contribution < -0.4 is 4.90 Å². The number of hydrogen-bond acceptors (Lipinski definition) is 1. The van der Waals surface area contributed by atoms with Crippen molar-refractivity contribution in [1.82, 2.24) is 0 Å². The van der Waals surface area contributed by atoms with Gasteiger partial charge in [0.2, 0.25) is 0 Å². The van der Waals surface area contributed by atoms with E-state index in [-0.39, 0.29) is 5.92 Å². The molecule has 0 fully saturated rings. The van der Waals surface area contributed by atoms with E-state index in [2.05, 4.69) is 175 Å². The van der Waals surface area contributed by atoms with E-state index in [0.29, 0.717) is 0 Å². The highest BCUT2D eigenvalue weighted by molar-refractivity contribution is 5.95. The molecule has 0 aliphatic heterocycles. The second kappa shape index (κ2) is 10.8. The predicted molar refractivity (Wildman–Crippen MR) is 181 cm³/mol. The van der Waals surface area contributed by atoms with Gasteiger partial charge < -0.3 is 4.90 Å². The smallest absolute Gasteiger partial charge is 0.0464 e. The fraction of sp³-hybridized carbons (Fsp3) is 0.0476. The molecule has 0 spiro atoms. The monoisotopic (exact) mass is 549 g/mol. The highest BCUT2D eigenvalue weighted by Gasteiger charge is 2.29. The van der Waals surface area contributed by atoms with Crippen LogP contribution in [0.2, 0.25) is 0 Å². The standard InChI is InChI=1S/C42H31N/c1-4-12-30(13-5-1)31-20-22-33(23-21-31)41-29-34-28-37(43(35-15-6-2-7-16-35)36-17-8-3-9-18-36)25-27-38(34)40-26-24-32-14-10-11-19-39(32)42(40)41/h1-28,41H,29H2. The fourth-order valence-corrected chi connectivity index (χ4v) is 6.80. The van der Waals surface area contributed by atoms with Gasteiger partial charge in [0.1, 0.15) is 0 Å². The van der Waals surface area contributed by atoms with E-state index in [4.69, 9.17) is 0 Å². The first kappa shape index (κ1) is 25.3. The van der Waals surface area contributed by atoms with Crippen LogP contribution in [0.1, 0.15) is 22.6 Å². The Morgan fingerprint density at radius 3 is 1.72 bits per heavy atom. The van der Waals surface area contributed by atoms with Gasteiger partial charge in [-0.2, -0.15) is 0 Å². The van der Waals surface area contributed by atoms with Crippen LogP contribution in [0.15, 0.2) is 170 Å². The summed E-state index contributed by atoms with van der Waals surface area (Å²) in [6.45, 7) is 0. The first-order valence-corrected chi connectivity index (χ1v) is 15.0. The summed E-state index contributed by atoms with van der Waals surface area (Å²) in [5, 5.41) is 2.65. The molecule has 7 aromatic rings. The van der Waals surface area contributed by atoms with Gasteiger partial charge in [0.25, 0.3) is 0 Å². The molecule has 7 aromatic carbocycles. The lowest BCUT2D eigenvalue weighted by atomic mass is 9.73. The second-order valence-electron chi connectivity index (χ2n) is 11.3. The SMILES string of the molecule is c1ccc(-c2ccc(C3Cc4cc(N(c5ccccc5)c5ccccc5)ccc4-c4ccc5ccccc5c43)cc2)cc1. The van der Waals surface area contributed by atoms with Gasteiger partial charge in [-0.25, -0.2) is 0 Å². The van der Waals surface area contributed by atoms with Crippen LogP contribution in [0.3, 0.4) is 0 Å². The third-order valence-corrected chi connectivity index (χ3v) is 8.83. The van der Waals surface area contributed by atoms with Gasteiger partial charge in [0.05, 0.1) is 0 Å². The van der Waals surface area contributed by atoms with Crippen LogP contribution in [0.5, 0.6) is 0 Å². The van der Waals surface area contributed by atoms with Crippen molar-refractivity contribution in [3.63, 3.8) is 0 Å². The Morgan fingerprint density at radius 2 is 1.02 bits per heavy atom. The molecule has 1 aliphatic carbocycles. The van der Waals surface area contributed by atoms with Crippen LogP contribution in [0.4, 0.5) is 17.1 Å². The minimum absolute atomic E-state index is 0.260. The van der Waals surface area contributed by atoms with Gasteiger partial charge >= 0.3 is 0 Å². The first-order valence-electron chi connectivity index (χ1n) is 15.0. The van der Waals surface area contributed by atoms with Crippen molar-refractivity contribution in [3.8, 4) is 22.3 Å². The Labute approximate surface area is 253 Å². The number of rotatable bonds is 5. The Bertz CT molecular complexity index is 1990. The topological polar surface area (TPSA) is 3.24 Å². The van der Waals surface area contributed by atoms with Crippen LogP contribution in [0, 0.1) is 0 Å². The molecule has 0 aromatic heterocycles. The van der Waals surface area contributed by atoms with Gasteiger partial charge in [0, 0.05) is 23.0 Å². The summed E-state index contributed by atoms with van der Waals surface area (Å²) in [5.74, 6) is 0.260. The third kappa shape index (κ3) is 4.60. The highest BCUT2D eigenvalue weighted by Crippen LogP contribution is 2.48. The summed E-state index contributed by atoms with van der Waals surface area (Å²) in [7, 11) is 0. The molecular formula is C42H31N. The normalized spacial score (nSPS) is 13.7. The summed E-state index contributed by atoms with van der Waals surface area (Å²) >= 11 is 0. The van der Waals surface area contributed by atoms with Crippen LogP contribution in [-0.2, 0) is 6.42 Å². The maximum absolute atomic E-state index is 2.42. The van der Waals surface area contributed by atoms with Crippen molar-refractivity contribution in [1.29, 1.82) is 0 Å². The van der Waals surface area contributed by atoms with Gasteiger partial charge in [-0.1, -0.05) is 133 Å². The Morgan fingerprint density at radius 1 is 0.442 bits per heavy atom. The molecule has 1 heteroatoms. The number of fused-ring (bicyclic) bond motifs is 5. The number of nitrogens with zero attached hydrogens (tertiary/aromatic N) is 1. The van der Waals surface area contributed by atoms with E-state index < -0.39 is 0 Å². The lowest BCUT2D eigenvalue weighted by molar-refractivity contribution is 0.801. The van der Waals surface area contributed by atoms with Crippen LogP contribution >= 0.6 is 0 Å². The molecule has 0 N–H and O–H groups in total.